The topological polar surface area (TPSA) is 46.2 Å². The Labute approximate surface area is 102 Å². The zero-order valence-electron chi connectivity index (χ0n) is 8.37. The highest BCUT2D eigenvalue weighted by atomic mass is 79.9. The molecule has 1 rings (SSSR count). The van der Waals surface area contributed by atoms with Crippen LogP contribution in [0, 0.1) is 18.2 Å². The molecule has 0 fully saturated rings. The molecular formula is C10H9BrFNO2S. The van der Waals surface area contributed by atoms with Crippen molar-refractivity contribution < 1.29 is 12.8 Å². The summed E-state index contributed by atoms with van der Waals surface area (Å²) in [6, 6.07) is 3.01. The summed E-state index contributed by atoms with van der Waals surface area (Å²) < 4.78 is 39.4. The van der Waals surface area contributed by atoms with Gasteiger partial charge in [0.15, 0.2) is 0 Å². The SMILES string of the molecule is C#CC(C)NS(=O)(=O)c1ccc(Br)cc1F. The molecule has 0 aliphatic heterocycles. The van der Waals surface area contributed by atoms with E-state index < -0.39 is 26.8 Å². The Balaban J connectivity index is 3.14. The first kappa shape index (κ1) is 13.2. The van der Waals surface area contributed by atoms with Crippen molar-refractivity contribution in [2.75, 3.05) is 0 Å². The largest absolute Gasteiger partial charge is 0.244 e. The summed E-state index contributed by atoms with van der Waals surface area (Å²) in [6.07, 6.45) is 5.04. The highest BCUT2D eigenvalue weighted by Crippen LogP contribution is 2.19. The number of nitrogens with one attached hydrogen (secondary N) is 1. The highest BCUT2D eigenvalue weighted by Gasteiger charge is 2.20. The molecule has 3 nitrogen and oxygen atoms in total. The number of halogens is 2. The van der Waals surface area contributed by atoms with Crippen molar-refractivity contribution in [2.45, 2.75) is 17.9 Å². The molecule has 1 unspecified atom stereocenters. The number of terminal acetylenes is 1. The second-order valence-electron chi connectivity index (χ2n) is 3.08. The van der Waals surface area contributed by atoms with Crippen LogP contribution < -0.4 is 4.72 Å². The third-order valence-electron chi connectivity index (χ3n) is 1.77. The van der Waals surface area contributed by atoms with E-state index in [2.05, 4.69) is 26.6 Å². The summed E-state index contributed by atoms with van der Waals surface area (Å²) in [5.41, 5.74) is 0. The Morgan fingerprint density at radius 2 is 2.19 bits per heavy atom. The van der Waals surface area contributed by atoms with Crippen molar-refractivity contribution in [3.63, 3.8) is 0 Å². The molecular weight excluding hydrogens is 297 g/mol. The number of sulfonamides is 1. The number of rotatable bonds is 3. The Bertz CT molecular complexity index is 536. The molecule has 6 heteroatoms. The van der Waals surface area contributed by atoms with Crippen LogP contribution in [0.15, 0.2) is 27.6 Å². The predicted molar refractivity (Wildman–Crippen MR) is 62.7 cm³/mol. The first-order chi connectivity index (χ1) is 7.36. The molecule has 0 aliphatic carbocycles. The molecule has 0 saturated heterocycles. The molecule has 0 saturated carbocycles. The number of hydrogen-bond acceptors (Lipinski definition) is 2. The van der Waals surface area contributed by atoms with Crippen molar-refractivity contribution >= 4 is 26.0 Å². The van der Waals surface area contributed by atoms with E-state index in [0.29, 0.717) is 4.47 Å². The molecule has 0 radical (unpaired) electrons. The lowest BCUT2D eigenvalue weighted by molar-refractivity contribution is 0.554. The molecule has 0 spiro atoms. The van der Waals surface area contributed by atoms with Gasteiger partial charge in [0.2, 0.25) is 10.0 Å². The van der Waals surface area contributed by atoms with Crippen LogP contribution in [-0.4, -0.2) is 14.5 Å². The summed E-state index contributed by atoms with van der Waals surface area (Å²) in [4.78, 5) is -0.419. The van der Waals surface area contributed by atoms with Gasteiger partial charge in [0.1, 0.15) is 10.7 Å². The van der Waals surface area contributed by atoms with Gasteiger partial charge in [-0.15, -0.1) is 6.42 Å². The molecule has 0 heterocycles. The van der Waals surface area contributed by atoms with Crippen molar-refractivity contribution in [2.24, 2.45) is 0 Å². The fourth-order valence-corrected chi connectivity index (χ4v) is 2.58. The molecule has 16 heavy (non-hydrogen) atoms. The lowest BCUT2D eigenvalue weighted by Gasteiger charge is -2.09. The van der Waals surface area contributed by atoms with Crippen molar-refractivity contribution in [1.29, 1.82) is 0 Å². The molecule has 86 valence electrons. The quantitative estimate of drug-likeness (QED) is 0.867. The molecule has 1 aromatic carbocycles. The second kappa shape index (κ2) is 4.95. The smallest absolute Gasteiger partial charge is 0.207 e. The summed E-state index contributed by atoms with van der Waals surface area (Å²) >= 11 is 3.04. The molecule has 1 N–H and O–H groups in total. The lowest BCUT2D eigenvalue weighted by atomic mass is 10.3. The minimum Gasteiger partial charge on any atom is -0.207 e. The zero-order valence-corrected chi connectivity index (χ0v) is 10.8. The van der Waals surface area contributed by atoms with Gasteiger partial charge in [0.05, 0.1) is 6.04 Å². The van der Waals surface area contributed by atoms with Crippen LogP contribution in [-0.2, 0) is 10.0 Å². The maximum absolute atomic E-state index is 13.4. The van der Waals surface area contributed by atoms with Crippen LogP contribution in [0.1, 0.15) is 6.92 Å². The second-order valence-corrected chi connectivity index (χ2v) is 5.68. The van der Waals surface area contributed by atoms with Crippen molar-refractivity contribution in [3.8, 4) is 12.3 Å². The number of hydrogen-bond donors (Lipinski definition) is 1. The zero-order chi connectivity index (χ0) is 12.3. The van der Waals surface area contributed by atoms with Crippen LogP contribution in [0.2, 0.25) is 0 Å². The van der Waals surface area contributed by atoms with Gasteiger partial charge in [-0.3, -0.25) is 0 Å². The van der Waals surface area contributed by atoms with E-state index in [1.54, 1.807) is 0 Å². The van der Waals surface area contributed by atoms with Gasteiger partial charge in [0, 0.05) is 4.47 Å². The van der Waals surface area contributed by atoms with Gasteiger partial charge in [-0.1, -0.05) is 21.9 Å². The Morgan fingerprint density at radius 3 is 2.69 bits per heavy atom. The molecule has 0 amide bonds. The van der Waals surface area contributed by atoms with Gasteiger partial charge < -0.3 is 0 Å². The molecule has 1 aromatic rings. The summed E-state index contributed by atoms with van der Waals surface area (Å²) in [5.74, 6) is 1.37. The van der Waals surface area contributed by atoms with Crippen LogP contribution >= 0.6 is 15.9 Å². The summed E-state index contributed by atoms with van der Waals surface area (Å²) in [6.45, 7) is 1.49. The Morgan fingerprint density at radius 1 is 1.56 bits per heavy atom. The van der Waals surface area contributed by atoms with Gasteiger partial charge in [-0.05, 0) is 25.1 Å². The van der Waals surface area contributed by atoms with Gasteiger partial charge in [-0.2, -0.15) is 4.72 Å². The lowest BCUT2D eigenvalue weighted by Crippen LogP contribution is -2.31. The van der Waals surface area contributed by atoms with E-state index in [1.807, 2.05) is 0 Å². The van der Waals surface area contributed by atoms with Crippen LogP contribution in [0.3, 0.4) is 0 Å². The minimum atomic E-state index is -3.91. The van der Waals surface area contributed by atoms with E-state index in [0.717, 1.165) is 6.07 Å². The summed E-state index contributed by atoms with van der Waals surface area (Å²) in [5, 5.41) is 0. The highest BCUT2D eigenvalue weighted by molar-refractivity contribution is 9.10. The van der Waals surface area contributed by atoms with Gasteiger partial charge >= 0.3 is 0 Å². The standard InChI is InChI=1S/C10H9BrFNO2S/c1-3-7(2)13-16(14,15)10-5-4-8(11)6-9(10)12/h1,4-7,13H,2H3. The van der Waals surface area contributed by atoms with E-state index >= 15 is 0 Å². The third-order valence-corrected chi connectivity index (χ3v) is 3.83. The maximum Gasteiger partial charge on any atom is 0.244 e. The first-order valence-corrected chi connectivity index (χ1v) is 6.58. The average molecular weight is 306 g/mol. The molecule has 0 aliphatic rings. The Hall–Kier alpha value is -0.900. The van der Waals surface area contributed by atoms with Crippen LogP contribution in [0.5, 0.6) is 0 Å². The van der Waals surface area contributed by atoms with Gasteiger partial charge in [0.25, 0.3) is 0 Å². The van der Waals surface area contributed by atoms with Crippen molar-refractivity contribution in [3.05, 3.63) is 28.5 Å². The first-order valence-electron chi connectivity index (χ1n) is 4.30. The molecule has 1 atom stereocenters. The summed E-state index contributed by atoms with van der Waals surface area (Å²) in [7, 11) is -3.91. The van der Waals surface area contributed by atoms with E-state index in [1.165, 1.54) is 19.1 Å². The fourth-order valence-electron chi connectivity index (χ4n) is 1.02. The number of benzene rings is 1. The van der Waals surface area contributed by atoms with Crippen LogP contribution in [0.4, 0.5) is 4.39 Å². The average Bonchev–Trinajstić information content (AvgIpc) is 2.16. The Kier molecular flexibility index (Phi) is 4.08. The van der Waals surface area contributed by atoms with Gasteiger partial charge in [-0.25, -0.2) is 12.8 Å². The van der Waals surface area contributed by atoms with Crippen LogP contribution in [0.25, 0.3) is 0 Å². The maximum atomic E-state index is 13.4. The van der Waals surface area contributed by atoms with E-state index in [4.69, 9.17) is 6.42 Å². The van der Waals surface area contributed by atoms with E-state index in [-0.39, 0.29) is 0 Å². The molecule has 0 aromatic heterocycles. The molecule has 0 bridgehead atoms. The van der Waals surface area contributed by atoms with E-state index in [9.17, 15) is 12.8 Å². The van der Waals surface area contributed by atoms with Crippen molar-refractivity contribution in [1.82, 2.24) is 4.72 Å². The monoisotopic (exact) mass is 305 g/mol. The predicted octanol–water partition coefficient (Wildman–Crippen LogP) is 1.89. The fraction of sp³-hybridized carbons (Fsp3) is 0.200. The third kappa shape index (κ3) is 3.04. The minimum absolute atomic E-state index is 0.419. The normalized spacial score (nSPS) is 13.1.